The van der Waals surface area contributed by atoms with Crippen molar-refractivity contribution in [2.75, 3.05) is 0 Å². The van der Waals surface area contributed by atoms with Crippen LogP contribution in [0.4, 0.5) is 17.6 Å². The quantitative estimate of drug-likeness (QED) is 0.735. The van der Waals surface area contributed by atoms with Crippen molar-refractivity contribution in [1.82, 2.24) is 0 Å². The number of rotatable bonds is 4. The lowest BCUT2D eigenvalue weighted by atomic mass is 10.3. The van der Waals surface area contributed by atoms with Crippen LogP contribution < -0.4 is 9.84 Å². The van der Waals surface area contributed by atoms with Crippen LogP contribution in [0.2, 0.25) is 0 Å². The highest BCUT2D eigenvalue weighted by atomic mass is 19.3. The molecule has 0 radical (unpaired) electrons. The number of carboxylic acid groups (broad SMARTS) is 1. The third-order valence-electron chi connectivity index (χ3n) is 1.61. The largest absolute Gasteiger partial charge is 0.544 e. The molecule has 1 aromatic rings. The first-order chi connectivity index (χ1) is 7.27. The van der Waals surface area contributed by atoms with Crippen LogP contribution in [0, 0.1) is 0 Å². The maximum absolute atomic E-state index is 12.7. The molecule has 0 aliphatic heterocycles. The molecule has 0 atom stereocenters. The molecule has 0 fully saturated rings. The summed E-state index contributed by atoms with van der Waals surface area (Å²) in [4.78, 5) is 9.84. The SMILES string of the molecule is O=C([O-])C(F)(F)C(F)(F)Oc1ccccc1. The first kappa shape index (κ1) is 12.3. The molecule has 0 aliphatic rings. The Bertz CT molecular complexity index is 378. The molecule has 0 heterocycles. The standard InChI is InChI=1S/C9H6F4O3/c10-8(11,7(14)15)9(12,13)16-6-4-2-1-3-5-6/h1-5H,(H,14,15)/p-1. The highest BCUT2D eigenvalue weighted by molar-refractivity contribution is 5.74. The number of hydrogen-bond donors (Lipinski definition) is 0. The maximum Gasteiger partial charge on any atom is 0.470 e. The average molecular weight is 237 g/mol. The van der Waals surface area contributed by atoms with E-state index in [0.717, 1.165) is 12.1 Å². The predicted octanol–water partition coefficient (Wildman–Crippen LogP) is 1.04. The van der Waals surface area contributed by atoms with Crippen molar-refractivity contribution >= 4 is 5.97 Å². The van der Waals surface area contributed by atoms with E-state index >= 15 is 0 Å². The number of carbonyl (C=O) groups excluding carboxylic acids is 1. The summed E-state index contributed by atoms with van der Waals surface area (Å²) in [5.74, 6) is -9.18. The van der Waals surface area contributed by atoms with Crippen molar-refractivity contribution in [3.63, 3.8) is 0 Å². The molecule has 0 unspecified atom stereocenters. The maximum atomic E-state index is 12.7. The molecule has 0 saturated heterocycles. The fraction of sp³-hybridized carbons (Fsp3) is 0.222. The van der Waals surface area contributed by atoms with Gasteiger partial charge in [-0.1, -0.05) is 18.2 Å². The molecule has 0 aliphatic carbocycles. The fourth-order valence-corrected chi connectivity index (χ4v) is 0.819. The smallest absolute Gasteiger partial charge is 0.470 e. The summed E-state index contributed by atoms with van der Waals surface area (Å²) >= 11 is 0. The minimum absolute atomic E-state index is 0.576. The summed E-state index contributed by atoms with van der Waals surface area (Å²) < 4.78 is 54.1. The highest BCUT2D eigenvalue weighted by Crippen LogP contribution is 2.35. The van der Waals surface area contributed by atoms with E-state index in [4.69, 9.17) is 0 Å². The van der Waals surface area contributed by atoms with Gasteiger partial charge in [0.15, 0.2) is 0 Å². The zero-order valence-electron chi connectivity index (χ0n) is 7.62. The van der Waals surface area contributed by atoms with Crippen LogP contribution in [0.5, 0.6) is 5.75 Å². The first-order valence-corrected chi connectivity index (χ1v) is 3.98. The van der Waals surface area contributed by atoms with Gasteiger partial charge in [0, 0.05) is 0 Å². The molecule has 1 aromatic carbocycles. The highest BCUT2D eigenvalue weighted by Gasteiger charge is 2.61. The number of halogens is 4. The van der Waals surface area contributed by atoms with E-state index in [0.29, 0.717) is 0 Å². The van der Waals surface area contributed by atoms with Gasteiger partial charge in [0.2, 0.25) is 0 Å². The third-order valence-corrected chi connectivity index (χ3v) is 1.61. The van der Waals surface area contributed by atoms with E-state index in [2.05, 4.69) is 4.74 Å². The minimum Gasteiger partial charge on any atom is -0.544 e. The van der Waals surface area contributed by atoms with E-state index < -0.39 is 23.7 Å². The Kier molecular flexibility index (Phi) is 3.06. The van der Waals surface area contributed by atoms with E-state index in [1.54, 1.807) is 0 Å². The molecule has 0 spiro atoms. The second-order valence-electron chi connectivity index (χ2n) is 2.79. The van der Waals surface area contributed by atoms with Crippen LogP contribution in [0.25, 0.3) is 0 Å². The van der Waals surface area contributed by atoms with Gasteiger partial charge in [-0.2, -0.15) is 17.6 Å². The lowest BCUT2D eigenvalue weighted by molar-refractivity contribution is -0.372. The van der Waals surface area contributed by atoms with Crippen LogP contribution in [0.1, 0.15) is 0 Å². The summed E-state index contributed by atoms with van der Waals surface area (Å²) in [5.41, 5.74) is 0. The van der Waals surface area contributed by atoms with Crippen molar-refractivity contribution in [3.05, 3.63) is 30.3 Å². The normalized spacial score (nSPS) is 12.2. The number of ether oxygens (including phenoxy) is 1. The van der Waals surface area contributed by atoms with E-state index in [9.17, 15) is 27.5 Å². The number of carboxylic acids is 1. The Morgan fingerprint density at radius 2 is 1.62 bits per heavy atom. The summed E-state index contributed by atoms with van der Waals surface area (Å²) in [5, 5.41) is 9.84. The summed E-state index contributed by atoms with van der Waals surface area (Å²) in [6.45, 7) is 0. The Labute approximate surface area is 87.3 Å². The van der Waals surface area contributed by atoms with Gasteiger partial charge in [0.1, 0.15) is 11.7 Å². The van der Waals surface area contributed by atoms with Crippen LogP contribution in [0.15, 0.2) is 30.3 Å². The molecule has 1 rings (SSSR count). The monoisotopic (exact) mass is 237 g/mol. The lowest BCUT2D eigenvalue weighted by Crippen LogP contribution is -2.56. The van der Waals surface area contributed by atoms with Gasteiger partial charge in [-0.25, -0.2) is 0 Å². The van der Waals surface area contributed by atoms with Gasteiger partial charge in [-0.3, -0.25) is 0 Å². The topological polar surface area (TPSA) is 49.4 Å². The number of benzene rings is 1. The van der Waals surface area contributed by atoms with Crippen molar-refractivity contribution < 1.29 is 32.2 Å². The van der Waals surface area contributed by atoms with Crippen LogP contribution in [0.3, 0.4) is 0 Å². The molecule has 0 aromatic heterocycles. The molecule has 0 amide bonds. The Balaban J connectivity index is 2.92. The number of carbonyl (C=O) groups is 1. The number of para-hydroxylation sites is 1. The van der Waals surface area contributed by atoms with Gasteiger partial charge >= 0.3 is 12.0 Å². The fourth-order valence-electron chi connectivity index (χ4n) is 0.819. The van der Waals surface area contributed by atoms with Gasteiger partial charge < -0.3 is 14.6 Å². The van der Waals surface area contributed by atoms with Gasteiger partial charge in [0.05, 0.1) is 0 Å². The summed E-state index contributed by atoms with van der Waals surface area (Å²) in [6.07, 6.45) is -5.17. The number of hydrogen-bond acceptors (Lipinski definition) is 3. The molecule has 88 valence electrons. The van der Waals surface area contributed by atoms with E-state index in [1.165, 1.54) is 18.2 Å². The molecule has 0 N–H and O–H groups in total. The molecule has 7 heteroatoms. The van der Waals surface area contributed by atoms with Gasteiger partial charge in [-0.05, 0) is 12.1 Å². The third kappa shape index (κ3) is 2.23. The summed E-state index contributed by atoms with van der Waals surface area (Å²) in [7, 11) is 0. The molecule has 0 bridgehead atoms. The van der Waals surface area contributed by atoms with E-state index in [1.807, 2.05) is 0 Å². The molecular weight excluding hydrogens is 232 g/mol. The van der Waals surface area contributed by atoms with E-state index in [-0.39, 0.29) is 0 Å². The zero-order chi connectivity index (χ0) is 12.4. The predicted molar refractivity (Wildman–Crippen MR) is 42.0 cm³/mol. The average Bonchev–Trinajstić information content (AvgIpc) is 2.18. The van der Waals surface area contributed by atoms with Crippen molar-refractivity contribution in [2.24, 2.45) is 0 Å². The second kappa shape index (κ2) is 3.99. The zero-order valence-corrected chi connectivity index (χ0v) is 7.62. The van der Waals surface area contributed by atoms with Crippen molar-refractivity contribution in [2.45, 2.75) is 12.0 Å². The minimum atomic E-state index is -5.40. The number of aliphatic carboxylic acids is 1. The lowest BCUT2D eigenvalue weighted by Gasteiger charge is -2.26. The first-order valence-electron chi connectivity index (χ1n) is 3.98. The van der Waals surface area contributed by atoms with Crippen molar-refractivity contribution in [1.29, 1.82) is 0 Å². The van der Waals surface area contributed by atoms with Gasteiger partial charge in [-0.15, -0.1) is 0 Å². The van der Waals surface area contributed by atoms with Gasteiger partial charge in [0.25, 0.3) is 0 Å². The Morgan fingerprint density at radius 1 is 1.12 bits per heavy atom. The summed E-state index contributed by atoms with van der Waals surface area (Å²) in [6, 6.07) is 5.95. The molecular formula is C9H5F4O3-. The molecule has 3 nitrogen and oxygen atoms in total. The Morgan fingerprint density at radius 3 is 2.06 bits per heavy atom. The van der Waals surface area contributed by atoms with Crippen LogP contribution in [-0.4, -0.2) is 18.0 Å². The number of alkyl halides is 4. The molecule has 0 saturated carbocycles. The molecule has 16 heavy (non-hydrogen) atoms. The van der Waals surface area contributed by atoms with Crippen molar-refractivity contribution in [3.8, 4) is 5.75 Å². The second-order valence-corrected chi connectivity index (χ2v) is 2.79. The Hall–Kier alpha value is -1.79. The van der Waals surface area contributed by atoms with Crippen LogP contribution in [-0.2, 0) is 4.79 Å². The van der Waals surface area contributed by atoms with Crippen LogP contribution >= 0.6 is 0 Å².